The average Bonchev–Trinajstić information content (AvgIpc) is 2.60. The SMILES string of the molecule is C#Cc1oc(-c2cccc(Cl)c2)cc1N. The normalized spacial score (nSPS) is 9.87. The van der Waals surface area contributed by atoms with Gasteiger partial charge in [0.2, 0.25) is 0 Å². The van der Waals surface area contributed by atoms with Crippen molar-refractivity contribution in [2.75, 3.05) is 5.73 Å². The van der Waals surface area contributed by atoms with Crippen LogP contribution in [0.2, 0.25) is 5.02 Å². The second-order valence-corrected chi connectivity index (χ2v) is 3.49. The molecular formula is C12H8ClNO. The highest BCUT2D eigenvalue weighted by molar-refractivity contribution is 6.30. The fourth-order valence-corrected chi connectivity index (χ4v) is 1.49. The number of nitrogens with two attached hydrogens (primary N) is 1. The molecule has 3 heteroatoms. The number of hydrogen-bond acceptors (Lipinski definition) is 2. The van der Waals surface area contributed by atoms with Gasteiger partial charge in [-0.2, -0.15) is 0 Å². The summed E-state index contributed by atoms with van der Waals surface area (Å²) in [7, 11) is 0. The van der Waals surface area contributed by atoms with Crippen molar-refractivity contribution in [2.45, 2.75) is 0 Å². The molecule has 0 radical (unpaired) electrons. The molecule has 0 spiro atoms. The molecule has 0 atom stereocenters. The predicted octanol–water partition coefficient (Wildman–Crippen LogP) is 3.16. The standard InChI is InChI=1S/C12H8ClNO/c1-2-11-10(14)7-12(15-11)8-4-3-5-9(13)6-8/h1,3-7H,14H2. The first-order valence-corrected chi connectivity index (χ1v) is 4.70. The monoisotopic (exact) mass is 217 g/mol. The van der Waals surface area contributed by atoms with Gasteiger partial charge in [0.05, 0.1) is 5.69 Å². The third-order valence-electron chi connectivity index (χ3n) is 2.00. The summed E-state index contributed by atoms with van der Waals surface area (Å²) in [5.74, 6) is 3.35. The smallest absolute Gasteiger partial charge is 0.200 e. The molecule has 0 aliphatic rings. The van der Waals surface area contributed by atoms with E-state index >= 15 is 0 Å². The number of anilines is 1. The summed E-state index contributed by atoms with van der Waals surface area (Å²) in [5.41, 5.74) is 6.98. The summed E-state index contributed by atoms with van der Waals surface area (Å²) in [6.45, 7) is 0. The molecule has 1 aromatic heterocycles. The van der Waals surface area contributed by atoms with Crippen LogP contribution < -0.4 is 5.73 Å². The summed E-state index contributed by atoms with van der Waals surface area (Å²) in [6.07, 6.45) is 5.22. The number of nitrogen functional groups attached to an aromatic ring is 1. The van der Waals surface area contributed by atoms with Crippen molar-refractivity contribution in [3.05, 3.63) is 41.1 Å². The fraction of sp³-hybridized carbons (Fsp3) is 0. The lowest BCUT2D eigenvalue weighted by molar-refractivity contribution is 0.570. The molecule has 2 rings (SSSR count). The van der Waals surface area contributed by atoms with Gasteiger partial charge < -0.3 is 10.2 Å². The van der Waals surface area contributed by atoms with Crippen LogP contribution in [-0.2, 0) is 0 Å². The first kappa shape index (κ1) is 9.70. The summed E-state index contributed by atoms with van der Waals surface area (Å²) in [4.78, 5) is 0. The topological polar surface area (TPSA) is 39.2 Å². The van der Waals surface area contributed by atoms with Crippen molar-refractivity contribution in [3.63, 3.8) is 0 Å². The number of rotatable bonds is 1. The molecule has 0 fully saturated rings. The molecule has 15 heavy (non-hydrogen) atoms. The lowest BCUT2D eigenvalue weighted by Crippen LogP contribution is -1.82. The van der Waals surface area contributed by atoms with Crippen LogP contribution in [0.15, 0.2) is 34.7 Å². The van der Waals surface area contributed by atoms with E-state index < -0.39 is 0 Å². The molecule has 0 amide bonds. The minimum atomic E-state index is 0.352. The fourth-order valence-electron chi connectivity index (χ4n) is 1.30. The molecule has 0 saturated heterocycles. The van der Waals surface area contributed by atoms with E-state index in [4.69, 9.17) is 28.2 Å². The Morgan fingerprint density at radius 2 is 2.13 bits per heavy atom. The Morgan fingerprint density at radius 1 is 1.33 bits per heavy atom. The molecule has 2 N–H and O–H groups in total. The second-order valence-electron chi connectivity index (χ2n) is 3.05. The number of hydrogen-bond donors (Lipinski definition) is 1. The largest absolute Gasteiger partial charge is 0.445 e. The van der Waals surface area contributed by atoms with Gasteiger partial charge in [-0.3, -0.25) is 0 Å². The van der Waals surface area contributed by atoms with Crippen LogP contribution in [0.4, 0.5) is 5.69 Å². The zero-order valence-electron chi connectivity index (χ0n) is 7.83. The predicted molar refractivity (Wildman–Crippen MR) is 61.5 cm³/mol. The van der Waals surface area contributed by atoms with Gasteiger partial charge in [0, 0.05) is 16.7 Å². The zero-order valence-corrected chi connectivity index (χ0v) is 8.58. The van der Waals surface area contributed by atoms with Crippen molar-refractivity contribution in [1.82, 2.24) is 0 Å². The third kappa shape index (κ3) is 1.83. The molecule has 0 aliphatic carbocycles. The summed E-state index contributed by atoms with van der Waals surface area (Å²) < 4.78 is 5.38. The summed E-state index contributed by atoms with van der Waals surface area (Å²) >= 11 is 5.86. The maximum atomic E-state index is 5.86. The van der Waals surface area contributed by atoms with E-state index in [1.165, 1.54) is 0 Å². The van der Waals surface area contributed by atoms with Crippen molar-refractivity contribution in [3.8, 4) is 23.7 Å². The highest BCUT2D eigenvalue weighted by Crippen LogP contribution is 2.28. The van der Waals surface area contributed by atoms with E-state index in [1.54, 1.807) is 18.2 Å². The maximum absolute atomic E-state index is 5.86. The molecule has 0 aliphatic heterocycles. The van der Waals surface area contributed by atoms with Crippen molar-refractivity contribution in [2.24, 2.45) is 0 Å². The van der Waals surface area contributed by atoms with Gasteiger partial charge in [0.15, 0.2) is 5.76 Å². The van der Waals surface area contributed by atoms with Gasteiger partial charge in [-0.05, 0) is 18.1 Å². The van der Waals surface area contributed by atoms with Crippen LogP contribution in [0.5, 0.6) is 0 Å². The Labute approximate surface area is 92.7 Å². The highest BCUT2D eigenvalue weighted by atomic mass is 35.5. The minimum absolute atomic E-state index is 0.352. The average molecular weight is 218 g/mol. The van der Waals surface area contributed by atoms with Crippen molar-refractivity contribution < 1.29 is 4.42 Å². The Morgan fingerprint density at radius 3 is 2.73 bits per heavy atom. The van der Waals surface area contributed by atoms with E-state index in [0.29, 0.717) is 22.2 Å². The molecule has 1 heterocycles. The molecule has 2 nitrogen and oxygen atoms in total. The number of benzene rings is 1. The van der Waals surface area contributed by atoms with E-state index in [9.17, 15) is 0 Å². The van der Waals surface area contributed by atoms with E-state index in [1.807, 2.05) is 12.1 Å². The molecule has 0 unspecified atom stereocenters. The van der Waals surface area contributed by atoms with Gasteiger partial charge in [-0.1, -0.05) is 23.7 Å². The summed E-state index contributed by atoms with van der Waals surface area (Å²) in [6, 6.07) is 9.00. The Balaban J connectivity index is 2.51. The van der Waals surface area contributed by atoms with Gasteiger partial charge in [0.25, 0.3) is 0 Å². The zero-order chi connectivity index (χ0) is 10.8. The number of terminal acetylenes is 1. The van der Waals surface area contributed by atoms with Crippen LogP contribution in [0.3, 0.4) is 0 Å². The third-order valence-corrected chi connectivity index (χ3v) is 2.24. The lowest BCUT2D eigenvalue weighted by Gasteiger charge is -1.96. The number of halogens is 1. The van der Waals surface area contributed by atoms with Crippen LogP contribution in [-0.4, -0.2) is 0 Å². The molecule has 1 aromatic carbocycles. The first-order chi connectivity index (χ1) is 7.20. The van der Waals surface area contributed by atoms with Gasteiger partial charge in [0.1, 0.15) is 5.76 Å². The van der Waals surface area contributed by atoms with E-state index in [2.05, 4.69) is 5.92 Å². The highest BCUT2D eigenvalue weighted by Gasteiger charge is 2.08. The van der Waals surface area contributed by atoms with Crippen molar-refractivity contribution in [1.29, 1.82) is 0 Å². The molecular weight excluding hydrogens is 210 g/mol. The van der Waals surface area contributed by atoms with Crippen LogP contribution in [0.1, 0.15) is 5.76 Å². The van der Waals surface area contributed by atoms with E-state index in [-0.39, 0.29) is 0 Å². The Bertz CT molecular complexity index is 537. The maximum Gasteiger partial charge on any atom is 0.200 e. The van der Waals surface area contributed by atoms with Gasteiger partial charge >= 0.3 is 0 Å². The van der Waals surface area contributed by atoms with Crippen LogP contribution in [0, 0.1) is 12.3 Å². The van der Waals surface area contributed by atoms with Crippen LogP contribution >= 0.6 is 11.6 Å². The Hall–Kier alpha value is -1.85. The van der Waals surface area contributed by atoms with Crippen LogP contribution in [0.25, 0.3) is 11.3 Å². The molecule has 0 saturated carbocycles. The minimum Gasteiger partial charge on any atom is -0.445 e. The lowest BCUT2D eigenvalue weighted by atomic mass is 10.2. The quantitative estimate of drug-likeness (QED) is 0.746. The molecule has 0 bridgehead atoms. The second kappa shape index (κ2) is 3.72. The molecule has 74 valence electrons. The van der Waals surface area contributed by atoms with Crippen molar-refractivity contribution >= 4 is 17.3 Å². The Kier molecular flexibility index (Phi) is 2.40. The van der Waals surface area contributed by atoms with Gasteiger partial charge in [-0.25, -0.2) is 0 Å². The summed E-state index contributed by atoms with van der Waals surface area (Å²) in [5, 5.41) is 0.643. The van der Waals surface area contributed by atoms with E-state index in [0.717, 1.165) is 5.56 Å². The van der Waals surface area contributed by atoms with Gasteiger partial charge in [-0.15, -0.1) is 6.42 Å². The first-order valence-electron chi connectivity index (χ1n) is 4.32. The number of furan rings is 1. The molecule has 2 aromatic rings.